The van der Waals surface area contributed by atoms with Crippen LogP contribution in [0.2, 0.25) is 0 Å². The molecule has 0 saturated heterocycles. The van der Waals surface area contributed by atoms with Crippen LogP contribution in [0.15, 0.2) is 38.6 Å². The minimum absolute atomic E-state index is 0.747. The lowest BCUT2D eigenvalue weighted by Gasteiger charge is -2.19. The molecule has 0 unspecified atom stereocenters. The Bertz CT molecular complexity index is 622. The highest BCUT2D eigenvalue weighted by molar-refractivity contribution is 9.10. The predicted molar refractivity (Wildman–Crippen MR) is 98.1 cm³/mol. The summed E-state index contributed by atoms with van der Waals surface area (Å²) in [5, 5.41) is 5.69. The summed E-state index contributed by atoms with van der Waals surface area (Å²) in [6.07, 6.45) is 2.66. The summed E-state index contributed by atoms with van der Waals surface area (Å²) in [6, 6.07) is 9.57. The second kappa shape index (κ2) is 6.82. The fourth-order valence-electron chi connectivity index (χ4n) is 2.22. The van der Waals surface area contributed by atoms with E-state index in [-0.39, 0.29) is 0 Å². The van der Waals surface area contributed by atoms with Crippen molar-refractivity contribution in [3.63, 3.8) is 0 Å². The number of hydrogen-bond acceptors (Lipinski definition) is 3. The van der Waals surface area contributed by atoms with Gasteiger partial charge in [-0.05, 0) is 52.5 Å². The Hall–Kier alpha value is -0.360. The molecule has 1 aliphatic rings. The van der Waals surface area contributed by atoms with Gasteiger partial charge in [-0.3, -0.25) is 0 Å². The van der Waals surface area contributed by atoms with E-state index in [0.29, 0.717) is 0 Å². The zero-order valence-electron chi connectivity index (χ0n) is 11.9. The SMILES string of the molecule is CN(Cc1cc(Br)cs1)c1ccc(CNC2CC2)c(Br)c1. The van der Waals surface area contributed by atoms with Crippen LogP contribution >= 0.6 is 43.2 Å². The van der Waals surface area contributed by atoms with Gasteiger partial charge in [-0.15, -0.1) is 11.3 Å². The fourth-order valence-corrected chi connectivity index (χ4v) is 4.23. The van der Waals surface area contributed by atoms with E-state index in [1.165, 1.54) is 37.9 Å². The molecule has 1 saturated carbocycles. The Labute approximate surface area is 146 Å². The average Bonchev–Trinajstić information content (AvgIpc) is 3.20. The first-order valence-corrected chi connectivity index (χ1v) is 9.54. The van der Waals surface area contributed by atoms with Gasteiger partial charge in [0.1, 0.15) is 0 Å². The fraction of sp³-hybridized carbons (Fsp3) is 0.375. The van der Waals surface area contributed by atoms with Crippen LogP contribution in [0.25, 0.3) is 0 Å². The third-order valence-corrected chi connectivity index (χ3v) is 6.07. The number of nitrogens with one attached hydrogen (secondary N) is 1. The number of hydrogen-bond donors (Lipinski definition) is 1. The maximum absolute atomic E-state index is 3.70. The maximum Gasteiger partial charge on any atom is 0.0519 e. The van der Waals surface area contributed by atoms with Crippen LogP contribution in [-0.2, 0) is 13.1 Å². The summed E-state index contributed by atoms with van der Waals surface area (Å²) in [6.45, 7) is 1.88. The first kappa shape index (κ1) is 15.5. The molecule has 1 heterocycles. The molecule has 112 valence electrons. The van der Waals surface area contributed by atoms with Gasteiger partial charge in [0.25, 0.3) is 0 Å². The third-order valence-electron chi connectivity index (χ3n) is 3.65. The molecular weight excluding hydrogens is 412 g/mol. The van der Waals surface area contributed by atoms with Crippen molar-refractivity contribution in [2.75, 3.05) is 11.9 Å². The monoisotopic (exact) mass is 428 g/mol. The molecule has 0 atom stereocenters. The topological polar surface area (TPSA) is 15.3 Å². The minimum atomic E-state index is 0.747. The highest BCUT2D eigenvalue weighted by atomic mass is 79.9. The normalized spacial score (nSPS) is 14.4. The molecule has 1 aromatic heterocycles. The Morgan fingerprint density at radius 2 is 2.10 bits per heavy atom. The zero-order valence-corrected chi connectivity index (χ0v) is 15.9. The molecule has 0 aliphatic heterocycles. The van der Waals surface area contributed by atoms with E-state index in [4.69, 9.17) is 0 Å². The summed E-state index contributed by atoms with van der Waals surface area (Å²) < 4.78 is 2.35. The second-order valence-corrected chi connectivity index (χ2v) is 8.28. The summed E-state index contributed by atoms with van der Waals surface area (Å²) in [5.41, 5.74) is 2.57. The minimum Gasteiger partial charge on any atom is -0.369 e. The quantitative estimate of drug-likeness (QED) is 0.681. The largest absolute Gasteiger partial charge is 0.369 e. The molecule has 21 heavy (non-hydrogen) atoms. The van der Waals surface area contributed by atoms with Crippen molar-refractivity contribution >= 4 is 48.9 Å². The number of anilines is 1. The van der Waals surface area contributed by atoms with Crippen molar-refractivity contribution in [1.82, 2.24) is 5.32 Å². The third kappa shape index (κ3) is 4.31. The van der Waals surface area contributed by atoms with E-state index in [9.17, 15) is 0 Å². The smallest absolute Gasteiger partial charge is 0.0519 e. The molecule has 0 spiro atoms. The van der Waals surface area contributed by atoms with Crippen LogP contribution in [0.3, 0.4) is 0 Å². The van der Waals surface area contributed by atoms with E-state index >= 15 is 0 Å². The van der Waals surface area contributed by atoms with Crippen LogP contribution in [-0.4, -0.2) is 13.1 Å². The zero-order chi connectivity index (χ0) is 14.8. The molecule has 0 bridgehead atoms. The van der Waals surface area contributed by atoms with Crippen LogP contribution in [0.1, 0.15) is 23.3 Å². The van der Waals surface area contributed by atoms with Gasteiger partial charge in [-0.1, -0.05) is 22.0 Å². The van der Waals surface area contributed by atoms with Gasteiger partial charge in [0.15, 0.2) is 0 Å². The Morgan fingerprint density at radius 3 is 2.71 bits per heavy atom. The van der Waals surface area contributed by atoms with Crippen LogP contribution in [0.4, 0.5) is 5.69 Å². The van der Waals surface area contributed by atoms with Crippen molar-refractivity contribution in [3.8, 4) is 0 Å². The van der Waals surface area contributed by atoms with Gasteiger partial charge >= 0.3 is 0 Å². The van der Waals surface area contributed by atoms with E-state index in [1.807, 2.05) is 0 Å². The molecule has 2 aromatic rings. The Kier molecular flexibility index (Phi) is 5.04. The first-order chi connectivity index (χ1) is 10.1. The van der Waals surface area contributed by atoms with Crippen LogP contribution < -0.4 is 10.2 Å². The van der Waals surface area contributed by atoms with Crippen molar-refractivity contribution < 1.29 is 0 Å². The molecule has 1 N–H and O–H groups in total. The van der Waals surface area contributed by atoms with E-state index in [0.717, 1.165) is 19.1 Å². The molecule has 3 rings (SSSR count). The van der Waals surface area contributed by atoms with Gasteiger partial charge in [0, 0.05) is 44.5 Å². The molecular formula is C16H18Br2N2S. The number of rotatable bonds is 6. The van der Waals surface area contributed by atoms with Gasteiger partial charge in [-0.25, -0.2) is 0 Å². The van der Waals surface area contributed by atoms with E-state index < -0.39 is 0 Å². The molecule has 0 amide bonds. The maximum atomic E-state index is 3.70. The number of benzene rings is 1. The van der Waals surface area contributed by atoms with Crippen molar-refractivity contribution in [1.29, 1.82) is 0 Å². The van der Waals surface area contributed by atoms with Crippen molar-refractivity contribution in [2.45, 2.75) is 32.0 Å². The standard InChI is InChI=1S/C16H18Br2N2S/c1-20(9-15-6-12(17)10-21-15)14-5-2-11(16(18)7-14)8-19-13-3-4-13/h2,5-7,10,13,19H,3-4,8-9H2,1H3. The number of nitrogens with zero attached hydrogens (tertiary/aromatic N) is 1. The molecule has 1 aromatic carbocycles. The van der Waals surface area contributed by atoms with Gasteiger partial charge in [0.2, 0.25) is 0 Å². The van der Waals surface area contributed by atoms with Crippen molar-refractivity contribution in [2.24, 2.45) is 0 Å². The van der Waals surface area contributed by atoms with Crippen LogP contribution in [0.5, 0.6) is 0 Å². The highest BCUT2D eigenvalue weighted by Crippen LogP contribution is 2.27. The number of halogens is 2. The van der Waals surface area contributed by atoms with E-state index in [2.05, 4.69) is 78.8 Å². The van der Waals surface area contributed by atoms with Crippen LogP contribution in [0, 0.1) is 0 Å². The Morgan fingerprint density at radius 1 is 1.29 bits per heavy atom. The highest BCUT2D eigenvalue weighted by Gasteiger charge is 2.20. The first-order valence-electron chi connectivity index (χ1n) is 7.07. The molecule has 2 nitrogen and oxygen atoms in total. The summed E-state index contributed by atoms with van der Waals surface area (Å²) in [5.74, 6) is 0. The lowest BCUT2D eigenvalue weighted by atomic mass is 10.2. The summed E-state index contributed by atoms with van der Waals surface area (Å²) in [4.78, 5) is 3.64. The van der Waals surface area contributed by atoms with Gasteiger partial charge in [-0.2, -0.15) is 0 Å². The molecule has 1 fully saturated rings. The summed E-state index contributed by atoms with van der Waals surface area (Å²) in [7, 11) is 2.14. The number of thiophene rings is 1. The lowest BCUT2D eigenvalue weighted by molar-refractivity contribution is 0.686. The second-order valence-electron chi connectivity index (χ2n) is 5.52. The predicted octanol–water partition coefficient (Wildman–Crippen LogP) is 5.16. The average molecular weight is 430 g/mol. The molecule has 0 radical (unpaired) electrons. The van der Waals surface area contributed by atoms with Crippen molar-refractivity contribution in [3.05, 3.63) is 49.0 Å². The summed E-state index contributed by atoms with van der Waals surface area (Å²) >= 11 is 9.00. The van der Waals surface area contributed by atoms with Gasteiger partial charge in [0.05, 0.1) is 6.54 Å². The lowest BCUT2D eigenvalue weighted by Crippen LogP contribution is -2.17. The van der Waals surface area contributed by atoms with Gasteiger partial charge < -0.3 is 10.2 Å². The van der Waals surface area contributed by atoms with E-state index in [1.54, 1.807) is 11.3 Å². The Balaban J connectivity index is 1.65. The molecule has 1 aliphatic carbocycles. The molecule has 5 heteroatoms.